The highest BCUT2D eigenvalue weighted by molar-refractivity contribution is 7.98. The Morgan fingerprint density at radius 1 is 1.19 bits per heavy atom. The normalized spacial score (nSPS) is 11.2. The summed E-state index contributed by atoms with van der Waals surface area (Å²) in [6.45, 7) is 0. The molecule has 0 spiro atoms. The van der Waals surface area contributed by atoms with Crippen LogP contribution in [0.3, 0.4) is 0 Å². The zero-order valence-corrected chi connectivity index (χ0v) is 15.3. The molecule has 0 amide bonds. The number of alkyl halides is 3. The zero-order valence-electron chi connectivity index (χ0n) is 13.7. The van der Waals surface area contributed by atoms with Crippen molar-refractivity contribution in [3.8, 4) is 6.07 Å². The van der Waals surface area contributed by atoms with Gasteiger partial charge in [0.25, 0.3) is 0 Å². The van der Waals surface area contributed by atoms with Crippen LogP contribution >= 0.6 is 23.1 Å². The molecule has 136 valence electrons. The van der Waals surface area contributed by atoms with Gasteiger partial charge in [0.1, 0.15) is 11.1 Å². The van der Waals surface area contributed by atoms with Gasteiger partial charge in [0.15, 0.2) is 5.69 Å². The third-order valence-electron chi connectivity index (χ3n) is 3.58. The summed E-state index contributed by atoms with van der Waals surface area (Å²) < 4.78 is 40.6. The highest BCUT2D eigenvalue weighted by Gasteiger charge is 2.38. The Balaban J connectivity index is 2.03. The van der Waals surface area contributed by atoms with Crippen LogP contribution in [-0.4, -0.2) is 10.8 Å². The van der Waals surface area contributed by atoms with Crippen molar-refractivity contribution in [1.82, 2.24) is 4.98 Å². The first-order chi connectivity index (χ1) is 12.9. The van der Waals surface area contributed by atoms with Gasteiger partial charge in [-0.3, -0.25) is 4.79 Å². The van der Waals surface area contributed by atoms with Crippen LogP contribution in [0.4, 0.5) is 13.2 Å². The summed E-state index contributed by atoms with van der Waals surface area (Å²) in [5.74, 6) is -0.432. The summed E-state index contributed by atoms with van der Waals surface area (Å²) in [5, 5.41) is 10.9. The zero-order chi connectivity index (χ0) is 19.4. The van der Waals surface area contributed by atoms with E-state index in [1.807, 2.05) is 36.4 Å². The molecule has 3 aromatic rings. The Labute approximate surface area is 161 Å². The van der Waals surface area contributed by atoms with E-state index in [0.717, 1.165) is 34.7 Å². The molecule has 2 aromatic heterocycles. The lowest BCUT2D eigenvalue weighted by Crippen LogP contribution is -2.17. The lowest BCUT2D eigenvalue weighted by Gasteiger charge is -2.13. The Morgan fingerprint density at radius 3 is 2.52 bits per heavy atom. The molecule has 0 saturated carbocycles. The maximum atomic E-state index is 13.5. The molecule has 0 fully saturated rings. The van der Waals surface area contributed by atoms with E-state index in [9.17, 15) is 23.2 Å². The van der Waals surface area contributed by atoms with Crippen LogP contribution in [-0.2, 0) is 11.9 Å². The van der Waals surface area contributed by atoms with E-state index in [4.69, 9.17) is 0 Å². The average Bonchev–Trinajstić information content (AvgIpc) is 3.20. The maximum Gasteiger partial charge on any atom is 0.434 e. The van der Waals surface area contributed by atoms with Crippen molar-refractivity contribution in [2.45, 2.75) is 17.0 Å². The number of hydrogen-bond acceptors (Lipinski definition) is 5. The Hall–Kier alpha value is -2.63. The minimum absolute atomic E-state index is 0.0450. The van der Waals surface area contributed by atoms with Crippen molar-refractivity contribution in [1.29, 1.82) is 5.26 Å². The SMILES string of the molecule is N#Cc1cc(C(=O)c2cccs2)c(C(F)(F)F)nc1SCc1ccccc1. The molecule has 27 heavy (non-hydrogen) atoms. The number of carbonyl (C=O) groups excluding carboxylic acids is 1. The summed E-state index contributed by atoms with van der Waals surface area (Å²) in [6, 6.07) is 15.0. The van der Waals surface area contributed by atoms with Crippen molar-refractivity contribution in [2.24, 2.45) is 0 Å². The number of nitrogens with zero attached hydrogens (tertiary/aromatic N) is 2. The van der Waals surface area contributed by atoms with Crippen LogP contribution in [0.15, 0.2) is 58.9 Å². The first-order valence-corrected chi connectivity index (χ1v) is 9.54. The lowest BCUT2D eigenvalue weighted by molar-refractivity contribution is -0.141. The Bertz CT molecular complexity index is 994. The molecule has 0 bridgehead atoms. The van der Waals surface area contributed by atoms with E-state index in [0.29, 0.717) is 5.75 Å². The van der Waals surface area contributed by atoms with Gasteiger partial charge in [-0.2, -0.15) is 18.4 Å². The number of pyridine rings is 1. The Morgan fingerprint density at radius 2 is 1.93 bits per heavy atom. The van der Waals surface area contributed by atoms with Gasteiger partial charge in [-0.1, -0.05) is 36.4 Å². The number of aromatic nitrogens is 1. The van der Waals surface area contributed by atoms with E-state index in [1.165, 1.54) is 6.07 Å². The number of carbonyl (C=O) groups is 1. The predicted molar refractivity (Wildman–Crippen MR) is 97.7 cm³/mol. The summed E-state index contributed by atoms with van der Waals surface area (Å²) in [6.07, 6.45) is -4.81. The van der Waals surface area contributed by atoms with Crippen LogP contribution in [0.1, 0.15) is 32.1 Å². The van der Waals surface area contributed by atoms with E-state index < -0.39 is 23.2 Å². The molecule has 0 atom stereocenters. The molecule has 8 heteroatoms. The lowest BCUT2D eigenvalue weighted by atomic mass is 10.1. The summed E-state index contributed by atoms with van der Waals surface area (Å²) in [5.41, 5.74) is -1.04. The second kappa shape index (κ2) is 7.94. The monoisotopic (exact) mass is 404 g/mol. The molecule has 0 aliphatic rings. The van der Waals surface area contributed by atoms with Crippen LogP contribution in [0.2, 0.25) is 0 Å². The summed E-state index contributed by atoms with van der Waals surface area (Å²) >= 11 is 2.07. The van der Waals surface area contributed by atoms with Gasteiger partial charge in [0.05, 0.1) is 16.0 Å². The molecule has 0 radical (unpaired) electrons. The minimum atomic E-state index is -4.81. The van der Waals surface area contributed by atoms with Gasteiger partial charge in [-0.15, -0.1) is 23.1 Å². The fourth-order valence-electron chi connectivity index (χ4n) is 2.34. The predicted octanol–water partition coefficient (Wildman–Crippen LogP) is 5.56. The Kier molecular flexibility index (Phi) is 5.63. The van der Waals surface area contributed by atoms with E-state index >= 15 is 0 Å². The molecule has 1 aromatic carbocycles. The molecular formula is C19H11F3N2OS2. The third kappa shape index (κ3) is 4.38. The highest BCUT2D eigenvalue weighted by Crippen LogP contribution is 2.36. The van der Waals surface area contributed by atoms with Crippen molar-refractivity contribution < 1.29 is 18.0 Å². The third-order valence-corrected chi connectivity index (χ3v) is 5.52. The molecule has 0 saturated heterocycles. The molecule has 3 nitrogen and oxygen atoms in total. The van der Waals surface area contributed by atoms with Crippen molar-refractivity contribution in [3.05, 3.63) is 81.2 Å². The number of hydrogen-bond donors (Lipinski definition) is 0. The van der Waals surface area contributed by atoms with Gasteiger partial charge < -0.3 is 0 Å². The molecule has 3 rings (SSSR count). The largest absolute Gasteiger partial charge is 0.434 e. The average molecular weight is 404 g/mol. The molecule has 0 aliphatic heterocycles. The van der Waals surface area contributed by atoms with Gasteiger partial charge in [0, 0.05) is 5.75 Å². The molecule has 2 heterocycles. The van der Waals surface area contributed by atoms with Crippen molar-refractivity contribution in [3.63, 3.8) is 0 Å². The minimum Gasteiger partial charge on any atom is -0.288 e. The number of thioether (sulfide) groups is 1. The number of ketones is 1. The second-order valence-electron chi connectivity index (χ2n) is 5.43. The number of thiophene rings is 1. The standard InChI is InChI=1S/C19H11F3N2OS2/c20-19(21,22)17-14(16(25)15-7-4-8-26-15)9-13(10-23)18(24-17)27-11-12-5-2-1-3-6-12/h1-9H,11H2. The quantitative estimate of drug-likeness (QED) is 0.413. The smallest absolute Gasteiger partial charge is 0.288 e. The molecule has 0 N–H and O–H groups in total. The summed E-state index contributed by atoms with van der Waals surface area (Å²) in [7, 11) is 0. The fraction of sp³-hybridized carbons (Fsp3) is 0.105. The second-order valence-corrected chi connectivity index (χ2v) is 7.34. The van der Waals surface area contributed by atoms with Crippen LogP contribution < -0.4 is 0 Å². The fourth-order valence-corrected chi connectivity index (χ4v) is 3.93. The van der Waals surface area contributed by atoms with Gasteiger partial charge >= 0.3 is 6.18 Å². The summed E-state index contributed by atoms with van der Waals surface area (Å²) in [4.78, 5) is 16.3. The van der Waals surface area contributed by atoms with Gasteiger partial charge in [-0.05, 0) is 23.1 Å². The first kappa shape index (κ1) is 19.1. The number of benzene rings is 1. The van der Waals surface area contributed by atoms with Crippen LogP contribution in [0.25, 0.3) is 0 Å². The molecule has 0 aliphatic carbocycles. The topological polar surface area (TPSA) is 53.8 Å². The van der Waals surface area contributed by atoms with E-state index in [1.54, 1.807) is 11.4 Å². The molecular weight excluding hydrogens is 393 g/mol. The molecule has 0 unspecified atom stereocenters. The van der Waals surface area contributed by atoms with Gasteiger partial charge in [-0.25, -0.2) is 4.98 Å². The van der Waals surface area contributed by atoms with Crippen molar-refractivity contribution in [2.75, 3.05) is 0 Å². The van der Waals surface area contributed by atoms with E-state index in [-0.39, 0.29) is 15.5 Å². The van der Waals surface area contributed by atoms with Crippen LogP contribution in [0, 0.1) is 11.3 Å². The van der Waals surface area contributed by atoms with Crippen LogP contribution in [0.5, 0.6) is 0 Å². The van der Waals surface area contributed by atoms with Crippen molar-refractivity contribution >= 4 is 28.9 Å². The number of nitriles is 1. The maximum absolute atomic E-state index is 13.5. The number of rotatable bonds is 5. The highest BCUT2D eigenvalue weighted by atomic mass is 32.2. The van der Waals surface area contributed by atoms with Gasteiger partial charge in [0.2, 0.25) is 5.78 Å². The first-order valence-electron chi connectivity index (χ1n) is 7.67. The number of halogens is 3. The van der Waals surface area contributed by atoms with E-state index in [2.05, 4.69) is 4.98 Å².